The van der Waals surface area contributed by atoms with Crippen LogP contribution in [0.15, 0.2) is 0 Å². The molecule has 0 aromatic heterocycles. The molecular weight excluding hydrogens is 316 g/mol. The van der Waals surface area contributed by atoms with Crippen molar-refractivity contribution in [2.75, 3.05) is 18.6 Å². The number of esters is 1. The number of piperidine rings is 1. The number of hydrogen-bond acceptors (Lipinski definition) is 6. The summed E-state index contributed by atoms with van der Waals surface area (Å²) in [5.74, 6) is -0.578. The minimum absolute atomic E-state index is 0.115. The summed E-state index contributed by atoms with van der Waals surface area (Å²) in [6.45, 7) is 0. The molecule has 6 nitrogen and oxygen atoms in total. The molecule has 2 rings (SSSR count). The largest absolute Gasteiger partial charge is 0.465 e. The Balaban J connectivity index is 2.03. The maximum atomic E-state index is 13.1. The van der Waals surface area contributed by atoms with E-state index < -0.39 is 27.4 Å². The van der Waals surface area contributed by atoms with Crippen molar-refractivity contribution in [3.8, 4) is 0 Å². The summed E-state index contributed by atoms with van der Waals surface area (Å²) >= 11 is 1.76. The zero-order valence-corrected chi connectivity index (χ0v) is 12.3. The standard InChI is InChI=1S/C10H15F2NO5S2/c1-13-6-2-8(3-7(13)5-19-4-6)18-9(14)10(11,12)20(15,16)17/h6-8H,2-5H2,1H3,(H,15,16,17). The second-order valence-electron chi connectivity index (χ2n) is 5.00. The van der Waals surface area contributed by atoms with E-state index in [-0.39, 0.29) is 12.1 Å². The van der Waals surface area contributed by atoms with Crippen LogP contribution < -0.4 is 0 Å². The fraction of sp³-hybridized carbons (Fsp3) is 0.900. The summed E-state index contributed by atoms with van der Waals surface area (Å²) in [4.78, 5) is 13.4. The number of ether oxygens (including phenoxy) is 1. The van der Waals surface area contributed by atoms with Crippen molar-refractivity contribution >= 4 is 27.8 Å². The van der Waals surface area contributed by atoms with Crippen molar-refractivity contribution in [3.63, 3.8) is 0 Å². The second kappa shape index (κ2) is 5.39. The molecule has 2 atom stereocenters. The van der Waals surface area contributed by atoms with Crippen molar-refractivity contribution in [1.82, 2.24) is 4.90 Å². The molecule has 0 spiro atoms. The normalized spacial score (nSPS) is 31.9. The van der Waals surface area contributed by atoms with Crippen LogP contribution in [0.5, 0.6) is 0 Å². The highest BCUT2D eigenvalue weighted by atomic mass is 32.2. The molecule has 0 aliphatic carbocycles. The Kier molecular flexibility index (Phi) is 4.30. The average Bonchev–Trinajstić information content (AvgIpc) is 2.28. The van der Waals surface area contributed by atoms with E-state index in [0.717, 1.165) is 11.5 Å². The van der Waals surface area contributed by atoms with Crippen LogP contribution in [0.2, 0.25) is 0 Å². The number of thioether (sulfide) groups is 1. The number of carbonyl (C=O) groups is 1. The summed E-state index contributed by atoms with van der Waals surface area (Å²) in [5.41, 5.74) is 0. The lowest BCUT2D eigenvalue weighted by Gasteiger charge is -2.46. The van der Waals surface area contributed by atoms with E-state index in [9.17, 15) is 22.0 Å². The molecule has 2 saturated heterocycles. The molecule has 2 unspecified atom stereocenters. The lowest BCUT2D eigenvalue weighted by molar-refractivity contribution is -0.171. The van der Waals surface area contributed by atoms with E-state index in [1.807, 2.05) is 7.05 Å². The van der Waals surface area contributed by atoms with Gasteiger partial charge in [-0.2, -0.15) is 29.0 Å². The number of fused-ring (bicyclic) bond motifs is 2. The molecule has 2 aliphatic rings. The summed E-state index contributed by atoms with van der Waals surface area (Å²) in [6.07, 6.45) is 0.0165. The molecule has 20 heavy (non-hydrogen) atoms. The van der Waals surface area contributed by atoms with E-state index in [1.165, 1.54) is 0 Å². The van der Waals surface area contributed by atoms with E-state index in [0.29, 0.717) is 12.8 Å². The Morgan fingerprint density at radius 3 is 2.30 bits per heavy atom. The van der Waals surface area contributed by atoms with Crippen LogP contribution in [0.1, 0.15) is 12.8 Å². The third kappa shape index (κ3) is 2.92. The number of carbonyl (C=O) groups excluding carboxylic acids is 1. The zero-order valence-electron chi connectivity index (χ0n) is 10.7. The van der Waals surface area contributed by atoms with E-state index in [2.05, 4.69) is 9.64 Å². The van der Waals surface area contributed by atoms with Crippen LogP contribution in [0.25, 0.3) is 0 Å². The maximum Gasteiger partial charge on any atom is 0.465 e. The first-order valence-corrected chi connectivity index (χ1v) is 8.58. The third-order valence-corrected chi connectivity index (χ3v) is 5.73. The first-order chi connectivity index (χ1) is 9.13. The first kappa shape index (κ1) is 15.9. The molecule has 116 valence electrons. The van der Waals surface area contributed by atoms with Gasteiger partial charge in [0.1, 0.15) is 6.10 Å². The monoisotopic (exact) mass is 331 g/mol. The Hall–Kier alpha value is -0.450. The highest BCUT2D eigenvalue weighted by Gasteiger charge is 2.55. The third-order valence-electron chi connectivity index (χ3n) is 3.68. The van der Waals surface area contributed by atoms with Gasteiger partial charge in [0, 0.05) is 36.4 Å². The van der Waals surface area contributed by atoms with E-state index >= 15 is 0 Å². The van der Waals surface area contributed by atoms with E-state index in [1.54, 1.807) is 11.8 Å². The van der Waals surface area contributed by atoms with Crippen molar-refractivity contribution in [1.29, 1.82) is 0 Å². The molecule has 1 N–H and O–H groups in total. The van der Waals surface area contributed by atoms with Crippen molar-refractivity contribution in [2.24, 2.45) is 0 Å². The molecule has 0 amide bonds. The lowest BCUT2D eigenvalue weighted by atomic mass is 9.95. The van der Waals surface area contributed by atoms with Gasteiger partial charge in [-0.15, -0.1) is 0 Å². The summed E-state index contributed by atoms with van der Waals surface area (Å²) in [6, 6.07) is 0.231. The number of halogens is 2. The van der Waals surface area contributed by atoms with Crippen LogP contribution in [-0.4, -0.2) is 65.8 Å². The molecular formula is C10H15F2NO5S2. The molecule has 2 fully saturated rings. The maximum absolute atomic E-state index is 13.1. The molecule has 2 heterocycles. The molecule has 0 radical (unpaired) electrons. The Bertz CT molecular complexity index is 484. The van der Waals surface area contributed by atoms with Gasteiger partial charge in [0.25, 0.3) is 0 Å². The minimum Gasteiger partial charge on any atom is -0.457 e. The van der Waals surface area contributed by atoms with Gasteiger partial charge in [-0.1, -0.05) is 0 Å². The smallest absolute Gasteiger partial charge is 0.457 e. The van der Waals surface area contributed by atoms with Crippen molar-refractivity contribution < 1.29 is 31.3 Å². The van der Waals surface area contributed by atoms with Gasteiger partial charge in [-0.25, -0.2) is 4.79 Å². The van der Waals surface area contributed by atoms with Crippen molar-refractivity contribution in [2.45, 2.75) is 36.3 Å². The predicted molar refractivity (Wildman–Crippen MR) is 68.3 cm³/mol. The number of alkyl halides is 2. The topological polar surface area (TPSA) is 83.9 Å². The van der Waals surface area contributed by atoms with Crippen LogP contribution >= 0.6 is 11.8 Å². The number of hydrogen-bond donors (Lipinski definition) is 1. The fourth-order valence-corrected chi connectivity index (χ4v) is 4.15. The van der Waals surface area contributed by atoms with E-state index in [4.69, 9.17) is 4.55 Å². The molecule has 2 aliphatic heterocycles. The Labute approximate surface area is 119 Å². The quantitative estimate of drug-likeness (QED) is 0.598. The predicted octanol–water partition coefficient (Wildman–Crippen LogP) is 0.588. The Morgan fingerprint density at radius 1 is 1.35 bits per heavy atom. The van der Waals surface area contributed by atoms with Gasteiger partial charge in [-0.05, 0) is 7.05 Å². The van der Waals surface area contributed by atoms with Crippen LogP contribution in [0, 0.1) is 0 Å². The summed E-state index contributed by atoms with van der Waals surface area (Å²) in [7, 11) is -3.87. The molecule has 0 saturated carbocycles. The fourth-order valence-electron chi connectivity index (χ4n) is 2.47. The summed E-state index contributed by atoms with van der Waals surface area (Å²) in [5, 5.41) is -4.92. The molecule has 2 bridgehead atoms. The number of nitrogens with zero attached hydrogens (tertiary/aromatic N) is 1. The van der Waals surface area contributed by atoms with Crippen LogP contribution in [-0.2, 0) is 19.6 Å². The van der Waals surface area contributed by atoms with Gasteiger partial charge < -0.3 is 4.74 Å². The van der Waals surface area contributed by atoms with Gasteiger partial charge in [-0.3, -0.25) is 9.45 Å². The van der Waals surface area contributed by atoms with Crippen LogP contribution in [0.3, 0.4) is 0 Å². The molecule has 10 heteroatoms. The van der Waals surface area contributed by atoms with Crippen molar-refractivity contribution in [3.05, 3.63) is 0 Å². The highest BCUT2D eigenvalue weighted by molar-refractivity contribution is 7.99. The zero-order chi connectivity index (χ0) is 15.1. The van der Waals surface area contributed by atoms with Gasteiger partial charge in [0.2, 0.25) is 0 Å². The molecule has 0 aromatic rings. The minimum atomic E-state index is -5.80. The second-order valence-corrected chi connectivity index (χ2v) is 7.54. The van der Waals surface area contributed by atoms with Gasteiger partial charge in [0.15, 0.2) is 0 Å². The summed E-state index contributed by atoms with van der Waals surface area (Å²) < 4.78 is 60.2. The lowest BCUT2D eigenvalue weighted by Crippen LogP contribution is -2.55. The highest BCUT2D eigenvalue weighted by Crippen LogP contribution is 2.34. The van der Waals surface area contributed by atoms with Crippen LogP contribution in [0.4, 0.5) is 8.78 Å². The van der Waals surface area contributed by atoms with Gasteiger partial charge >= 0.3 is 21.3 Å². The number of rotatable bonds is 3. The molecule has 0 aromatic carbocycles. The first-order valence-electron chi connectivity index (χ1n) is 5.98. The SMILES string of the molecule is CN1C2CSCC1CC(OC(=O)C(F)(F)S(=O)(=O)O)C2. The van der Waals surface area contributed by atoms with Gasteiger partial charge in [0.05, 0.1) is 0 Å². The Morgan fingerprint density at radius 2 is 1.85 bits per heavy atom. The average molecular weight is 331 g/mol.